The molecule has 1 saturated heterocycles. The first kappa shape index (κ1) is 15.1. The molecule has 1 amide bonds. The maximum Gasteiger partial charge on any atom is 0.289 e. The molecule has 1 aromatic rings. The van der Waals surface area contributed by atoms with Gasteiger partial charge in [-0.1, -0.05) is 26.7 Å². The summed E-state index contributed by atoms with van der Waals surface area (Å²) >= 11 is 0. The van der Waals surface area contributed by atoms with E-state index in [4.69, 9.17) is 4.42 Å². The van der Waals surface area contributed by atoms with Gasteiger partial charge in [0.25, 0.3) is 5.91 Å². The summed E-state index contributed by atoms with van der Waals surface area (Å²) in [5.41, 5.74) is 0. The Morgan fingerprint density at radius 2 is 1.80 bits per heavy atom. The van der Waals surface area contributed by atoms with Gasteiger partial charge in [0, 0.05) is 13.1 Å². The summed E-state index contributed by atoms with van der Waals surface area (Å²) in [5, 5.41) is 0. The fourth-order valence-electron chi connectivity index (χ4n) is 2.68. The maximum absolute atomic E-state index is 12.4. The fourth-order valence-corrected chi connectivity index (χ4v) is 2.68. The van der Waals surface area contributed by atoms with E-state index in [2.05, 4.69) is 18.7 Å². The summed E-state index contributed by atoms with van der Waals surface area (Å²) in [5.74, 6) is 1.43. The summed E-state index contributed by atoms with van der Waals surface area (Å²) in [7, 11) is 0. The quantitative estimate of drug-likeness (QED) is 0.830. The minimum absolute atomic E-state index is 0.0534. The van der Waals surface area contributed by atoms with Gasteiger partial charge in [-0.15, -0.1) is 0 Å². The van der Waals surface area contributed by atoms with Crippen LogP contribution in [0.25, 0.3) is 0 Å². The van der Waals surface area contributed by atoms with Crippen LogP contribution in [0.3, 0.4) is 0 Å². The lowest BCUT2D eigenvalue weighted by atomic mass is 10.2. The van der Waals surface area contributed by atoms with Crippen molar-refractivity contribution < 1.29 is 9.21 Å². The van der Waals surface area contributed by atoms with Gasteiger partial charge < -0.3 is 9.32 Å². The third-order valence-electron chi connectivity index (χ3n) is 4.04. The molecule has 0 bridgehead atoms. The first-order valence-electron chi connectivity index (χ1n) is 7.85. The van der Waals surface area contributed by atoms with Gasteiger partial charge in [0.15, 0.2) is 5.76 Å². The van der Waals surface area contributed by atoms with Gasteiger partial charge in [0.2, 0.25) is 0 Å². The van der Waals surface area contributed by atoms with E-state index in [0.29, 0.717) is 5.76 Å². The largest absolute Gasteiger partial charge is 0.455 e. The molecule has 1 fully saturated rings. The van der Waals surface area contributed by atoms with Crippen molar-refractivity contribution >= 4 is 5.91 Å². The number of nitrogens with zero attached hydrogens (tertiary/aromatic N) is 2. The van der Waals surface area contributed by atoms with Gasteiger partial charge in [-0.2, -0.15) is 0 Å². The van der Waals surface area contributed by atoms with Crippen LogP contribution in [0.5, 0.6) is 0 Å². The lowest BCUT2D eigenvalue weighted by molar-refractivity contribution is 0.0726. The normalized spacial score (nSPS) is 16.4. The number of furan rings is 1. The molecule has 112 valence electrons. The standard InChI is InChI=1S/C16H26N2O2/c1-3-17(4-2)13-14-9-10-15(20-14)16(19)18-11-7-5-6-8-12-18/h9-10H,3-8,11-13H2,1-2H3. The van der Waals surface area contributed by atoms with Crippen molar-refractivity contribution in [2.75, 3.05) is 26.2 Å². The van der Waals surface area contributed by atoms with E-state index in [0.717, 1.165) is 51.3 Å². The molecule has 4 heteroatoms. The van der Waals surface area contributed by atoms with E-state index in [-0.39, 0.29) is 5.91 Å². The third-order valence-corrected chi connectivity index (χ3v) is 4.04. The van der Waals surface area contributed by atoms with Gasteiger partial charge in [-0.25, -0.2) is 0 Å². The highest BCUT2D eigenvalue weighted by Crippen LogP contribution is 2.16. The number of rotatable bonds is 5. The zero-order valence-corrected chi connectivity index (χ0v) is 12.7. The molecule has 4 nitrogen and oxygen atoms in total. The smallest absolute Gasteiger partial charge is 0.289 e. The van der Waals surface area contributed by atoms with Crippen molar-refractivity contribution in [3.05, 3.63) is 23.7 Å². The van der Waals surface area contributed by atoms with Crippen molar-refractivity contribution in [3.63, 3.8) is 0 Å². The van der Waals surface area contributed by atoms with Crippen LogP contribution < -0.4 is 0 Å². The Labute approximate surface area is 121 Å². The highest BCUT2D eigenvalue weighted by molar-refractivity contribution is 5.91. The molecule has 0 saturated carbocycles. The topological polar surface area (TPSA) is 36.7 Å². The Bertz CT molecular complexity index is 416. The minimum Gasteiger partial charge on any atom is -0.455 e. The number of hydrogen-bond acceptors (Lipinski definition) is 3. The molecule has 0 spiro atoms. The van der Waals surface area contributed by atoms with Crippen LogP contribution in [0, 0.1) is 0 Å². The van der Waals surface area contributed by atoms with E-state index in [1.807, 2.05) is 17.0 Å². The van der Waals surface area contributed by atoms with E-state index in [1.54, 1.807) is 0 Å². The second-order valence-electron chi connectivity index (χ2n) is 5.43. The second kappa shape index (κ2) is 7.48. The van der Waals surface area contributed by atoms with E-state index >= 15 is 0 Å². The molecular formula is C16H26N2O2. The van der Waals surface area contributed by atoms with Gasteiger partial charge >= 0.3 is 0 Å². The van der Waals surface area contributed by atoms with E-state index in [1.165, 1.54) is 12.8 Å². The lowest BCUT2D eigenvalue weighted by Crippen LogP contribution is -2.31. The highest BCUT2D eigenvalue weighted by atomic mass is 16.4. The Kier molecular flexibility index (Phi) is 5.65. The molecule has 0 aromatic carbocycles. The Hall–Kier alpha value is -1.29. The molecule has 2 heterocycles. The second-order valence-corrected chi connectivity index (χ2v) is 5.43. The monoisotopic (exact) mass is 278 g/mol. The van der Waals surface area contributed by atoms with Gasteiger partial charge in [0.05, 0.1) is 6.54 Å². The molecule has 0 aliphatic carbocycles. The van der Waals surface area contributed by atoms with Crippen LogP contribution >= 0.6 is 0 Å². The molecule has 0 N–H and O–H groups in total. The highest BCUT2D eigenvalue weighted by Gasteiger charge is 2.20. The summed E-state index contributed by atoms with van der Waals surface area (Å²) in [6.07, 6.45) is 4.68. The number of carbonyl (C=O) groups excluding carboxylic acids is 1. The van der Waals surface area contributed by atoms with Gasteiger partial charge in [-0.3, -0.25) is 9.69 Å². The maximum atomic E-state index is 12.4. The molecular weight excluding hydrogens is 252 g/mol. The van der Waals surface area contributed by atoms with Crippen LogP contribution in [-0.2, 0) is 6.54 Å². The third kappa shape index (κ3) is 3.85. The molecule has 1 aromatic heterocycles. The zero-order chi connectivity index (χ0) is 14.4. The van der Waals surface area contributed by atoms with Crippen molar-refractivity contribution in [1.29, 1.82) is 0 Å². The van der Waals surface area contributed by atoms with Crippen LogP contribution in [0.4, 0.5) is 0 Å². The van der Waals surface area contributed by atoms with Crippen molar-refractivity contribution in [2.45, 2.75) is 46.1 Å². The number of hydrogen-bond donors (Lipinski definition) is 0. The van der Waals surface area contributed by atoms with Crippen LogP contribution in [0.15, 0.2) is 16.5 Å². The van der Waals surface area contributed by atoms with Gasteiger partial charge in [0.1, 0.15) is 5.76 Å². The lowest BCUT2D eigenvalue weighted by Gasteiger charge is -2.19. The summed E-state index contributed by atoms with van der Waals surface area (Å²) in [4.78, 5) is 16.6. The van der Waals surface area contributed by atoms with Gasteiger partial charge in [-0.05, 0) is 38.1 Å². The average molecular weight is 278 g/mol. The minimum atomic E-state index is 0.0534. The summed E-state index contributed by atoms with van der Waals surface area (Å²) < 4.78 is 5.74. The zero-order valence-electron chi connectivity index (χ0n) is 12.7. The van der Waals surface area contributed by atoms with Crippen molar-refractivity contribution in [2.24, 2.45) is 0 Å². The molecule has 2 rings (SSSR count). The van der Waals surface area contributed by atoms with Crippen LogP contribution in [0.2, 0.25) is 0 Å². The summed E-state index contributed by atoms with van der Waals surface area (Å²) in [6.45, 7) is 8.76. The Morgan fingerprint density at radius 1 is 1.15 bits per heavy atom. The first-order chi connectivity index (χ1) is 9.74. The van der Waals surface area contributed by atoms with Crippen LogP contribution in [0.1, 0.15) is 55.8 Å². The van der Waals surface area contributed by atoms with Crippen LogP contribution in [-0.4, -0.2) is 41.9 Å². The fraction of sp³-hybridized carbons (Fsp3) is 0.688. The summed E-state index contributed by atoms with van der Waals surface area (Å²) in [6, 6.07) is 3.76. The predicted molar refractivity (Wildman–Crippen MR) is 79.7 cm³/mol. The Balaban J connectivity index is 1.98. The molecule has 1 aliphatic heterocycles. The Morgan fingerprint density at radius 3 is 2.40 bits per heavy atom. The molecule has 0 radical (unpaired) electrons. The molecule has 1 aliphatic rings. The predicted octanol–water partition coefficient (Wildman–Crippen LogP) is 3.14. The average Bonchev–Trinajstić information content (AvgIpc) is 2.76. The first-order valence-corrected chi connectivity index (χ1v) is 7.85. The SMILES string of the molecule is CCN(CC)Cc1ccc(C(=O)N2CCCCCC2)o1. The molecule has 0 atom stereocenters. The number of amides is 1. The number of likely N-dealkylation sites (tertiary alicyclic amines) is 1. The van der Waals surface area contributed by atoms with E-state index < -0.39 is 0 Å². The van der Waals surface area contributed by atoms with Crippen molar-refractivity contribution in [3.8, 4) is 0 Å². The van der Waals surface area contributed by atoms with Crippen molar-refractivity contribution in [1.82, 2.24) is 9.80 Å². The molecule has 20 heavy (non-hydrogen) atoms. The van der Waals surface area contributed by atoms with E-state index in [9.17, 15) is 4.79 Å². The number of carbonyl (C=O) groups is 1. The molecule has 0 unspecified atom stereocenters.